The number of nitrogens with zero attached hydrogens (tertiary/aromatic N) is 1. The summed E-state index contributed by atoms with van der Waals surface area (Å²) in [7, 11) is 0. The van der Waals surface area contributed by atoms with E-state index in [1.165, 1.54) is 5.57 Å². The molecule has 0 spiro atoms. The molecule has 1 amide bonds. The molecule has 0 radical (unpaired) electrons. The molecular weight excluding hydrogens is 234 g/mol. The summed E-state index contributed by atoms with van der Waals surface area (Å²) in [5.41, 5.74) is 0.980. The van der Waals surface area contributed by atoms with E-state index in [-0.39, 0.29) is 6.09 Å². The minimum absolute atomic E-state index is 0.209. The molecule has 3 nitrogen and oxygen atoms in total. The summed E-state index contributed by atoms with van der Waals surface area (Å²) >= 11 is 4.35. The van der Waals surface area contributed by atoms with Gasteiger partial charge in [-0.05, 0) is 39.9 Å². The number of carbonyl (C=O) groups is 1. The number of thiol groups is 1. The molecule has 17 heavy (non-hydrogen) atoms. The predicted molar refractivity (Wildman–Crippen MR) is 73.5 cm³/mol. The van der Waals surface area contributed by atoms with Crippen LogP contribution in [-0.2, 0) is 4.74 Å². The van der Waals surface area contributed by atoms with Crippen LogP contribution >= 0.6 is 12.6 Å². The van der Waals surface area contributed by atoms with Gasteiger partial charge in [0.1, 0.15) is 5.60 Å². The van der Waals surface area contributed by atoms with Crippen molar-refractivity contribution < 1.29 is 9.53 Å². The summed E-state index contributed by atoms with van der Waals surface area (Å²) in [5, 5.41) is 0. The highest BCUT2D eigenvalue weighted by Gasteiger charge is 2.28. The molecule has 98 valence electrons. The van der Waals surface area contributed by atoms with Crippen LogP contribution in [0.3, 0.4) is 0 Å². The Balaban J connectivity index is 2.61. The number of carbonyl (C=O) groups excluding carboxylic acids is 1. The number of hydrogen-bond acceptors (Lipinski definition) is 3. The van der Waals surface area contributed by atoms with Gasteiger partial charge in [-0.3, -0.25) is 0 Å². The molecule has 0 aromatic carbocycles. The quantitative estimate of drug-likeness (QED) is 0.578. The first-order valence-corrected chi connectivity index (χ1v) is 6.74. The van der Waals surface area contributed by atoms with E-state index in [0.717, 1.165) is 25.3 Å². The molecule has 4 heteroatoms. The lowest BCUT2D eigenvalue weighted by Gasteiger charge is -2.35. The largest absolute Gasteiger partial charge is 0.444 e. The van der Waals surface area contributed by atoms with E-state index < -0.39 is 5.60 Å². The molecule has 0 N–H and O–H groups in total. The molecule has 0 aromatic rings. The van der Waals surface area contributed by atoms with Gasteiger partial charge in [0.2, 0.25) is 0 Å². The van der Waals surface area contributed by atoms with Gasteiger partial charge in [-0.25, -0.2) is 4.79 Å². The first-order valence-electron chi connectivity index (χ1n) is 6.11. The fourth-order valence-corrected chi connectivity index (χ4v) is 2.34. The third-order valence-corrected chi connectivity index (χ3v) is 3.32. The number of allylic oxidation sites excluding steroid dienone is 1. The Morgan fingerprint density at radius 2 is 2.24 bits per heavy atom. The summed E-state index contributed by atoms with van der Waals surface area (Å²) in [6.45, 7) is 9.19. The molecule has 1 unspecified atom stereocenters. The summed E-state index contributed by atoms with van der Waals surface area (Å²) in [6, 6.07) is 0. The van der Waals surface area contributed by atoms with Crippen molar-refractivity contribution in [3.05, 3.63) is 11.6 Å². The Labute approximate surface area is 110 Å². The van der Waals surface area contributed by atoms with Crippen LogP contribution in [0.2, 0.25) is 0 Å². The van der Waals surface area contributed by atoms with Crippen molar-refractivity contribution in [2.75, 3.05) is 18.8 Å². The lowest BCUT2D eigenvalue weighted by atomic mass is 9.93. The van der Waals surface area contributed by atoms with Gasteiger partial charge in [-0.2, -0.15) is 12.6 Å². The van der Waals surface area contributed by atoms with Crippen molar-refractivity contribution in [2.45, 2.75) is 39.7 Å². The van der Waals surface area contributed by atoms with E-state index in [1.807, 2.05) is 20.8 Å². The molecule has 0 saturated carbocycles. The monoisotopic (exact) mass is 257 g/mol. The average Bonchev–Trinajstić information content (AvgIpc) is 2.25. The summed E-state index contributed by atoms with van der Waals surface area (Å²) in [5.74, 6) is 1.14. The minimum atomic E-state index is -0.422. The molecular formula is C13H23NO2S. The van der Waals surface area contributed by atoms with E-state index in [4.69, 9.17) is 4.74 Å². The SMILES string of the molecule is C/C=C1\CCN(C(=O)OC(C)(C)C)CC1CS. The van der Waals surface area contributed by atoms with Gasteiger partial charge in [-0.15, -0.1) is 0 Å². The Morgan fingerprint density at radius 1 is 1.59 bits per heavy atom. The lowest BCUT2D eigenvalue weighted by Crippen LogP contribution is -2.44. The van der Waals surface area contributed by atoms with Gasteiger partial charge in [-0.1, -0.05) is 11.6 Å². The maximum atomic E-state index is 11.9. The predicted octanol–water partition coefficient (Wildman–Crippen LogP) is 3.12. The van der Waals surface area contributed by atoms with Crippen LogP contribution in [0.5, 0.6) is 0 Å². The zero-order valence-corrected chi connectivity index (χ0v) is 12.1. The molecule has 0 bridgehead atoms. The van der Waals surface area contributed by atoms with E-state index in [1.54, 1.807) is 4.90 Å². The maximum absolute atomic E-state index is 11.9. The van der Waals surface area contributed by atoms with Crippen molar-refractivity contribution >= 4 is 18.7 Å². The van der Waals surface area contributed by atoms with Gasteiger partial charge < -0.3 is 9.64 Å². The maximum Gasteiger partial charge on any atom is 0.410 e. The van der Waals surface area contributed by atoms with Gasteiger partial charge >= 0.3 is 6.09 Å². The van der Waals surface area contributed by atoms with Crippen LogP contribution < -0.4 is 0 Å². The van der Waals surface area contributed by atoms with Crippen LogP contribution in [0, 0.1) is 5.92 Å². The number of rotatable bonds is 1. The molecule has 1 saturated heterocycles. The minimum Gasteiger partial charge on any atom is -0.444 e. The van der Waals surface area contributed by atoms with Crippen molar-refractivity contribution in [1.82, 2.24) is 4.90 Å². The third-order valence-electron chi connectivity index (χ3n) is 2.88. The van der Waals surface area contributed by atoms with Gasteiger partial charge in [0.15, 0.2) is 0 Å². The number of piperidine rings is 1. The highest BCUT2D eigenvalue weighted by atomic mass is 32.1. The molecule has 0 aromatic heterocycles. The first kappa shape index (κ1) is 14.4. The zero-order chi connectivity index (χ0) is 13.1. The Morgan fingerprint density at radius 3 is 2.71 bits per heavy atom. The number of hydrogen-bond donors (Lipinski definition) is 1. The van der Waals surface area contributed by atoms with E-state index in [0.29, 0.717) is 5.92 Å². The molecule has 1 aliphatic heterocycles. The molecule has 1 atom stereocenters. The molecule has 1 heterocycles. The molecule has 1 fully saturated rings. The molecule has 1 aliphatic rings. The second-order valence-corrected chi connectivity index (χ2v) is 5.78. The lowest BCUT2D eigenvalue weighted by molar-refractivity contribution is 0.0210. The fourth-order valence-electron chi connectivity index (χ4n) is 1.99. The van der Waals surface area contributed by atoms with Crippen LogP contribution in [0.4, 0.5) is 4.79 Å². The third kappa shape index (κ3) is 4.26. The second kappa shape index (κ2) is 5.80. The van der Waals surface area contributed by atoms with Crippen molar-refractivity contribution in [1.29, 1.82) is 0 Å². The Hall–Kier alpha value is -0.640. The highest BCUT2D eigenvalue weighted by molar-refractivity contribution is 7.80. The van der Waals surface area contributed by atoms with E-state index in [2.05, 4.69) is 25.6 Å². The van der Waals surface area contributed by atoms with Crippen LogP contribution in [0.1, 0.15) is 34.1 Å². The number of ether oxygens (including phenoxy) is 1. The molecule has 0 aliphatic carbocycles. The fraction of sp³-hybridized carbons (Fsp3) is 0.769. The highest BCUT2D eigenvalue weighted by Crippen LogP contribution is 2.25. The second-order valence-electron chi connectivity index (χ2n) is 5.42. The number of amides is 1. The number of likely N-dealkylation sites (tertiary alicyclic amines) is 1. The Kier molecular flexibility index (Phi) is 4.92. The van der Waals surface area contributed by atoms with E-state index in [9.17, 15) is 4.79 Å². The first-order chi connectivity index (χ1) is 7.87. The van der Waals surface area contributed by atoms with Gasteiger partial charge in [0.25, 0.3) is 0 Å². The van der Waals surface area contributed by atoms with Gasteiger partial charge in [0.05, 0.1) is 0 Å². The van der Waals surface area contributed by atoms with Crippen molar-refractivity contribution in [3.63, 3.8) is 0 Å². The smallest absolute Gasteiger partial charge is 0.410 e. The zero-order valence-electron chi connectivity index (χ0n) is 11.2. The van der Waals surface area contributed by atoms with Crippen LogP contribution in [0.25, 0.3) is 0 Å². The van der Waals surface area contributed by atoms with E-state index >= 15 is 0 Å². The van der Waals surface area contributed by atoms with Gasteiger partial charge in [0, 0.05) is 19.0 Å². The van der Waals surface area contributed by atoms with Crippen LogP contribution in [-0.4, -0.2) is 35.4 Å². The summed E-state index contributed by atoms with van der Waals surface area (Å²) in [4.78, 5) is 13.7. The summed E-state index contributed by atoms with van der Waals surface area (Å²) < 4.78 is 5.38. The van der Waals surface area contributed by atoms with Crippen molar-refractivity contribution in [3.8, 4) is 0 Å². The van der Waals surface area contributed by atoms with Crippen molar-refractivity contribution in [2.24, 2.45) is 5.92 Å². The topological polar surface area (TPSA) is 29.5 Å². The Bertz CT molecular complexity index is 307. The summed E-state index contributed by atoms with van der Waals surface area (Å²) in [6.07, 6.45) is 2.87. The average molecular weight is 257 g/mol. The normalized spacial score (nSPS) is 23.9. The van der Waals surface area contributed by atoms with Crippen LogP contribution in [0.15, 0.2) is 11.6 Å². The molecule has 1 rings (SSSR count). The standard InChI is InChI=1S/C13H23NO2S/c1-5-10-6-7-14(8-11(10)9-17)12(15)16-13(2,3)4/h5,11,17H,6-9H2,1-4H3/b10-5+.